The highest BCUT2D eigenvalue weighted by Crippen LogP contribution is 2.22. The molecule has 3 rings (SSSR count). The van der Waals surface area contributed by atoms with Gasteiger partial charge in [-0.2, -0.15) is 15.0 Å². The van der Waals surface area contributed by atoms with E-state index in [2.05, 4.69) is 19.9 Å². The maximum absolute atomic E-state index is 5.76. The summed E-state index contributed by atoms with van der Waals surface area (Å²) in [6.07, 6.45) is 1.65. The van der Waals surface area contributed by atoms with Crippen LogP contribution in [-0.2, 0) is 10.5 Å². The highest BCUT2D eigenvalue weighted by molar-refractivity contribution is 7.98. The summed E-state index contributed by atoms with van der Waals surface area (Å²) in [6, 6.07) is 3.78. The molecular weight excluding hydrogens is 278 g/mol. The van der Waals surface area contributed by atoms with Gasteiger partial charge in [-0.15, -0.1) is 0 Å². The van der Waals surface area contributed by atoms with E-state index >= 15 is 0 Å². The standard InChI is InChI=1S/C12H15N5O2S/c13-10-14-11(17-3-6-18-7-4-17)16-12(15-10)20-8-9-2-1-5-19-9/h1-2,5H,3-4,6-8H2,(H2,13,14,15,16). The zero-order chi connectivity index (χ0) is 13.8. The summed E-state index contributed by atoms with van der Waals surface area (Å²) in [5.74, 6) is 2.40. The van der Waals surface area contributed by atoms with Crippen LogP contribution in [-0.4, -0.2) is 41.3 Å². The highest BCUT2D eigenvalue weighted by atomic mass is 32.2. The fourth-order valence-corrected chi connectivity index (χ4v) is 2.60. The number of anilines is 2. The molecule has 0 radical (unpaired) electrons. The van der Waals surface area contributed by atoms with E-state index in [9.17, 15) is 0 Å². The monoisotopic (exact) mass is 293 g/mol. The minimum Gasteiger partial charge on any atom is -0.468 e. The number of thioether (sulfide) groups is 1. The Balaban J connectivity index is 1.72. The van der Waals surface area contributed by atoms with E-state index in [4.69, 9.17) is 14.9 Å². The lowest BCUT2D eigenvalue weighted by Crippen LogP contribution is -2.37. The first-order valence-corrected chi connectivity index (χ1v) is 7.29. The van der Waals surface area contributed by atoms with Gasteiger partial charge >= 0.3 is 0 Å². The molecule has 2 aromatic heterocycles. The van der Waals surface area contributed by atoms with Crippen molar-refractivity contribution in [2.24, 2.45) is 0 Å². The van der Waals surface area contributed by atoms with Crippen molar-refractivity contribution in [3.8, 4) is 0 Å². The predicted octanol–water partition coefficient (Wildman–Crippen LogP) is 1.18. The van der Waals surface area contributed by atoms with E-state index in [0.29, 0.717) is 30.1 Å². The molecule has 0 aromatic carbocycles. The van der Waals surface area contributed by atoms with Crippen LogP contribution < -0.4 is 10.6 Å². The molecule has 2 aromatic rings. The molecule has 1 fully saturated rings. The van der Waals surface area contributed by atoms with Crippen LogP contribution in [0.15, 0.2) is 28.0 Å². The lowest BCUT2D eigenvalue weighted by atomic mass is 10.4. The van der Waals surface area contributed by atoms with Gasteiger partial charge in [-0.05, 0) is 12.1 Å². The molecule has 1 aliphatic rings. The normalized spacial score (nSPS) is 15.5. The van der Waals surface area contributed by atoms with Gasteiger partial charge in [-0.1, -0.05) is 11.8 Å². The van der Waals surface area contributed by atoms with Gasteiger partial charge in [0.05, 0.1) is 25.2 Å². The van der Waals surface area contributed by atoms with E-state index in [1.807, 2.05) is 12.1 Å². The van der Waals surface area contributed by atoms with Crippen LogP contribution in [0.25, 0.3) is 0 Å². The third-order valence-corrected chi connectivity index (χ3v) is 3.71. The fraction of sp³-hybridized carbons (Fsp3) is 0.417. The summed E-state index contributed by atoms with van der Waals surface area (Å²) < 4.78 is 10.6. The first kappa shape index (κ1) is 13.2. The van der Waals surface area contributed by atoms with Gasteiger partial charge in [0.2, 0.25) is 11.9 Å². The Labute approximate surface area is 120 Å². The fourth-order valence-electron chi connectivity index (χ4n) is 1.86. The van der Waals surface area contributed by atoms with Crippen LogP contribution >= 0.6 is 11.8 Å². The molecular formula is C12H15N5O2S. The van der Waals surface area contributed by atoms with Gasteiger partial charge in [0.15, 0.2) is 5.16 Å². The van der Waals surface area contributed by atoms with Crippen LogP contribution in [0.5, 0.6) is 0 Å². The van der Waals surface area contributed by atoms with E-state index < -0.39 is 0 Å². The summed E-state index contributed by atoms with van der Waals surface area (Å²) in [5.41, 5.74) is 5.76. The van der Waals surface area contributed by atoms with Crippen molar-refractivity contribution in [1.82, 2.24) is 15.0 Å². The number of hydrogen-bond acceptors (Lipinski definition) is 8. The number of aromatic nitrogens is 3. The van der Waals surface area contributed by atoms with Gasteiger partial charge in [0, 0.05) is 13.1 Å². The summed E-state index contributed by atoms with van der Waals surface area (Å²) >= 11 is 1.48. The molecule has 0 aliphatic carbocycles. The molecule has 2 N–H and O–H groups in total. The molecule has 0 unspecified atom stereocenters. The lowest BCUT2D eigenvalue weighted by Gasteiger charge is -2.26. The molecule has 1 saturated heterocycles. The van der Waals surface area contributed by atoms with E-state index in [-0.39, 0.29) is 5.95 Å². The Morgan fingerprint density at radius 1 is 1.25 bits per heavy atom. The second-order valence-corrected chi connectivity index (χ2v) is 5.19. The van der Waals surface area contributed by atoms with E-state index in [1.165, 1.54) is 11.8 Å². The van der Waals surface area contributed by atoms with Crippen molar-refractivity contribution >= 4 is 23.7 Å². The Bertz CT molecular complexity index is 557. The molecule has 0 saturated carbocycles. The van der Waals surface area contributed by atoms with Crippen LogP contribution in [0.3, 0.4) is 0 Å². The van der Waals surface area contributed by atoms with Crippen LogP contribution in [0.4, 0.5) is 11.9 Å². The molecule has 20 heavy (non-hydrogen) atoms. The van der Waals surface area contributed by atoms with Crippen LogP contribution in [0.1, 0.15) is 5.76 Å². The number of hydrogen-bond donors (Lipinski definition) is 1. The summed E-state index contributed by atoms with van der Waals surface area (Å²) in [6.45, 7) is 2.90. The number of nitrogens with zero attached hydrogens (tertiary/aromatic N) is 4. The van der Waals surface area contributed by atoms with Crippen molar-refractivity contribution in [2.45, 2.75) is 10.9 Å². The minimum atomic E-state index is 0.239. The molecule has 7 nitrogen and oxygen atoms in total. The van der Waals surface area contributed by atoms with Crippen LogP contribution in [0.2, 0.25) is 0 Å². The zero-order valence-electron chi connectivity index (χ0n) is 10.9. The molecule has 0 amide bonds. The predicted molar refractivity (Wildman–Crippen MR) is 75.5 cm³/mol. The third-order valence-electron chi connectivity index (χ3n) is 2.84. The SMILES string of the molecule is Nc1nc(SCc2ccco2)nc(N2CCOCC2)n1. The van der Waals surface area contributed by atoms with Crippen molar-refractivity contribution in [3.05, 3.63) is 24.2 Å². The smallest absolute Gasteiger partial charge is 0.231 e. The van der Waals surface area contributed by atoms with Gasteiger partial charge in [0.25, 0.3) is 0 Å². The summed E-state index contributed by atoms with van der Waals surface area (Å²) in [5, 5.41) is 0.607. The second-order valence-electron chi connectivity index (χ2n) is 4.24. The molecule has 1 aliphatic heterocycles. The molecule has 0 spiro atoms. The molecule has 3 heterocycles. The first-order chi connectivity index (χ1) is 9.81. The number of furan rings is 1. The summed E-state index contributed by atoms with van der Waals surface area (Å²) in [7, 11) is 0. The van der Waals surface area contributed by atoms with Gasteiger partial charge in [-0.25, -0.2) is 0 Å². The first-order valence-electron chi connectivity index (χ1n) is 6.31. The van der Waals surface area contributed by atoms with Crippen LogP contribution in [0, 0.1) is 0 Å². The molecule has 8 heteroatoms. The topological polar surface area (TPSA) is 90.3 Å². The molecule has 106 valence electrons. The summed E-state index contributed by atoms with van der Waals surface area (Å²) in [4.78, 5) is 14.8. The average Bonchev–Trinajstić information content (AvgIpc) is 2.99. The van der Waals surface area contributed by atoms with E-state index in [0.717, 1.165) is 18.8 Å². The Hall–Kier alpha value is -1.80. The number of rotatable bonds is 4. The van der Waals surface area contributed by atoms with Crippen molar-refractivity contribution in [2.75, 3.05) is 36.9 Å². The van der Waals surface area contributed by atoms with Crippen molar-refractivity contribution < 1.29 is 9.15 Å². The van der Waals surface area contributed by atoms with Gasteiger partial charge in [-0.3, -0.25) is 0 Å². The highest BCUT2D eigenvalue weighted by Gasteiger charge is 2.16. The molecule has 0 bridgehead atoms. The number of morpholine rings is 1. The number of ether oxygens (including phenoxy) is 1. The number of nitrogen functional groups attached to an aromatic ring is 1. The largest absolute Gasteiger partial charge is 0.468 e. The quantitative estimate of drug-likeness (QED) is 0.840. The Morgan fingerprint density at radius 3 is 2.85 bits per heavy atom. The maximum atomic E-state index is 5.76. The zero-order valence-corrected chi connectivity index (χ0v) is 11.7. The second kappa shape index (κ2) is 6.10. The minimum absolute atomic E-state index is 0.239. The maximum Gasteiger partial charge on any atom is 0.231 e. The Kier molecular flexibility index (Phi) is 4.03. The lowest BCUT2D eigenvalue weighted by molar-refractivity contribution is 0.122. The van der Waals surface area contributed by atoms with Crippen molar-refractivity contribution in [3.63, 3.8) is 0 Å². The number of nitrogens with two attached hydrogens (primary N) is 1. The molecule has 0 atom stereocenters. The van der Waals surface area contributed by atoms with Gasteiger partial charge in [0.1, 0.15) is 5.76 Å². The van der Waals surface area contributed by atoms with Crippen molar-refractivity contribution in [1.29, 1.82) is 0 Å². The third kappa shape index (κ3) is 3.20. The average molecular weight is 293 g/mol. The van der Waals surface area contributed by atoms with Gasteiger partial charge < -0.3 is 19.8 Å². The Morgan fingerprint density at radius 2 is 2.10 bits per heavy atom. The van der Waals surface area contributed by atoms with E-state index in [1.54, 1.807) is 6.26 Å².